The van der Waals surface area contributed by atoms with E-state index in [9.17, 15) is 14.0 Å². The van der Waals surface area contributed by atoms with Crippen LogP contribution in [0.5, 0.6) is 0 Å². The van der Waals surface area contributed by atoms with Crippen LogP contribution in [0.3, 0.4) is 0 Å². The summed E-state index contributed by atoms with van der Waals surface area (Å²) in [6.45, 7) is 8.54. The van der Waals surface area contributed by atoms with Crippen LogP contribution in [-0.2, 0) is 17.9 Å². The lowest BCUT2D eigenvalue weighted by molar-refractivity contribution is -0.123. The van der Waals surface area contributed by atoms with Crippen LogP contribution in [0.25, 0.3) is 0 Å². The van der Waals surface area contributed by atoms with Crippen LogP contribution in [-0.4, -0.2) is 67.0 Å². The normalized spacial score (nSPS) is 15.5. The van der Waals surface area contributed by atoms with Gasteiger partial charge in [-0.15, -0.1) is 0 Å². The Bertz CT molecular complexity index is 886. The molecule has 2 aromatic rings. The molecular formula is C26H36FN5O2. The molecule has 1 aliphatic heterocycles. The second-order valence-corrected chi connectivity index (χ2v) is 8.69. The number of carbonyl (C=O) groups is 2. The van der Waals surface area contributed by atoms with Crippen molar-refractivity contribution in [2.75, 3.05) is 39.3 Å². The third-order valence-corrected chi connectivity index (χ3v) is 6.01. The smallest absolute Gasteiger partial charge is 0.315 e. The Morgan fingerprint density at radius 1 is 0.912 bits per heavy atom. The van der Waals surface area contributed by atoms with Gasteiger partial charge in [-0.3, -0.25) is 14.6 Å². The van der Waals surface area contributed by atoms with E-state index in [0.29, 0.717) is 13.0 Å². The molecule has 0 radical (unpaired) electrons. The van der Waals surface area contributed by atoms with E-state index in [1.165, 1.54) is 17.7 Å². The monoisotopic (exact) mass is 469 g/mol. The van der Waals surface area contributed by atoms with Crippen LogP contribution in [0.15, 0.2) is 54.6 Å². The maximum atomic E-state index is 13.0. The number of nitrogens with zero attached hydrogens (tertiary/aromatic N) is 2. The van der Waals surface area contributed by atoms with Crippen molar-refractivity contribution >= 4 is 11.9 Å². The highest BCUT2D eigenvalue weighted by Gasteiger charge is 2.21. The van der Waals surface area contributed by atoms with E-state index in [4.69, 9.17) is 0 Å². The molecule has 1 atom stereocenters. The lowest BCUT2D eigenvalue weighted by Crippen LogP contribution is -2.52. The molecule has 0 aromatic heterocycles. The van der Waals surface area contributed by atoms with Crippen molar-refractivity contribution in [3.63, 3.8) is 0 Å². The van der Waals surface area contributed by atoms with Crippen molar-refractivity contribution in [3.05, 3.63) is 71.5 Å². The van der Waals surface area contributed by atoms with Crippen LogP contribution in [0.1, 0.15) is 30.9 Å². The maximum Gasteiger partial charge on any atom is 0.315 e. The molecule has 0 spiro atoms. The summed E-state index contributed by atoms with van der Waals surface area (Å²) < 4.78 is 13.0. The molecule has 34 heavy (non-hydrogen) atoms. The summed E-state index contributed by atoms with van der Waals surface area (Å²) in [5, 5.41) is 8.46. The van der Waals surface area contributed by atoms with Crippen molar-refractivity contribution < 1.29 is 14.0 Å². The average molecular weight is 470 g/mol. The number of amides is 3. The first kappa shape index (κ1) is 25.6. The number of piperazine rings is 1. The second-order valence-electron chi connectivity index (χ2n) is 8.69. The van der Waals surface area contributed by atoms with Gasteiger partial charge in [-0.25, -0.2) is 9.18 Å². The third-order valence-electron chi connectivity index (χ3n) is 6.01. The molecule has 2 aromatic carbocycles. The van der Waals surface area contributed by atoms with Gasteiger partial charge in [-0.05, 0) is 29.7 Å². The van der Waals surface area contributed by atoms with Gasteiger partial charge in [0.25, 0.3) is 0 Å². The van der Waals surface area contributed by atoms with Crippen molar-refractivity contribution in [1.29, 1.82) is 0 Å². The number of hydrogen-bond acceptors (Lipinski definition) is 4. The first-order chi connectivity index (χ1) is 16.5. The summed E-state index contributed by atoms with van der Waals surface area (Å²) in [4.78, 5) is 29.7. The molecule has 1 aliphatic rings. The van der Waals surface area contributed by atoms with Crippen LogP contribution in [0, 0.1) is 5.82 Å². The van der Waals surface area contributed by atoms with E-state index in [-0.39, 0.29) is 18.3 Å². The van der Waals surface area contributed by atoms with Crippen LogP contribution < -0.4 is 16.0 Å². The molecule has 1 saturated heterocycles. The van der Waals surface area contributed by atoms with Gasteiger partial charge in [-0.1, -0.05) is 55.8 Å². The Kier molecular flexibility index (Phi) is 10.3. The van der Waals surface area contributed by atoms with Gasteiger partial charge in [0.2, 0.25) is 5.91 Å². The molecule has 1 fully saturated rings. The lowest BCUT2D eigenvalue weighted by atomic mass is 10.1. The SMILES string of the molecule is CCCC(NC(=O)NCc1ccc(F)cc1)C(=O)NCCN1CCN(Cc2ccccc2)CC1. The molecule has 3 rings (SSSR count). The molecule has 3 amide bonds. The largest absolute Gasteiger partial charge is 0.353 e. The highest BCUT2D eigenvalue weighted by molar-refractivity contribution is 5.86. The van der Waals surface area contributed by atoms with E-state index in [1.807, 2.05) is 13.0 Å². The number of benzene rings is 2. The summed E-state index contributed by atoms with van der Waals surface area (Å²) in [6, 6.07) is 15.5. The summed E-state index contributed by atoms with van der Waals surface area (Å²) >= 11 is 0. The predicted molar refractivity (Wildman–Crippen MR) is 132 cm³/mol. The summed E-state index contributed by atoms with van der Waals surface area (Å²) in [5.74, 6) is -0.483. The van der Waals surface area contributed by atoms with Gasteiger partial charge in [0.1, 0.15) is 11.9 Å². The van der Waals surface area contributed by atoms with E-state index >= 15 is 0 Å². The minimum atomic E-state index is -0.582. The lowest BCUT2D eigenvalue weighted by Gasteiger charge is -2.34. The van der Waals surface area contributed by atoms with Crippen LogP contribution in [0.2, 0.25) is 0 Å². The molecule has 0 saturated carbocycles. The Morgan fingerprint density at radius 3 is 2.26 bits per heavy atom. The highest BCUT2D eigenvalue weighted by Crippen LogP contribution is 2.08. The van der Waals surface area contributed by atoms with Gasteiger partial charge in [0.15, 0.2) is 0 Å². The predicted octanol–water partition coefficient (Wildman–Crippen LogP) is 2.73. The number of carbonyl (C=O) groups excluding carboxylic acids is 2. The van der Waals surface area contributed by atoms with Crippen molar-refractivity contribution in [1.82, 2.24) is 25.8 Å². The van der Waals surface area contributed by atoms with Gasteiger partial charge in [0.05, 0.1) is 0 Å². The zero-order chi connectivity index (χ0) is 24.2. The fourth-order valence-electron chi connectivity index (χ4n) is 4.02. The van der Waals surface area contributed by atoms with Gasteiger partial charge in [0, 0.05) is 52.4 Å². The molecular weight excluding hydrogens is 433 g/mol. The topological polar surface area (TPSA) is 76.7 Å². The second kappa shape index (κ2) is 13.7. The third kappa shape index (κ3) is 8.76. The zero-order valence-corrected chi connectivity index (χ0v) is 19.9. The Morgan fingerprint density at radius 2 is 1.59 bits per heavy atom. The quantitative estimate of drug-likeness (QED) is 0.473. The molecule has 8 heteroatoms. The van der Waals surface area contributed by atoms with Crippen molar-refractivity contribution in [2.24, 2.45) is 0 Å². The van der Waals surface area contributed by atoms with Gasteiger partial charge in [-0.2, -0.15) is 0 Å². The number of halogens is 1. The number of urea groups is 1. The average Bonchev–Trinajstić information content (AvgIpc) is 2.85. The molecule has 0 aliphatic carbocycles. The van der Waals surface area contributed by atoms with Crippen LogP contribution in [0.4, 0.5) is 9.18 Å². The number of nitrogens with one attached hydrogen (secondary N) is 3. The standard InChI is InChI=1S/C26H36FN5O2/c1-2-6-24(30-26(34)29-19-21-9-11-23(27)12-10-21)25(33)28-13-14-31-15-17-32(18-16-31)20-22-7-4-3-5-8-22/h3-5,7-12,24H,2,6,13-20H2,1H3,(H,28,33)(H2,29,30,34). The van der Waals surface area contributed by atoms with Crippen molar-refractivity contribution in [3.8, 4) is 0 Å². The van der Waals surface area contributed by atoms with E-state index < -0.39 is 12.1 Å². The first-order valence-electron chi connectivity index (χ1n) is 12.1. The van der Waals surface area contributed by atoms with E-state index in [1.54, 1.807) is 12.1 Å². The molecule has 1 unspecified atom stereocenters. The Balaban J connectivity index is 1.34. The van der Waals surface area contributed by atoms with E-state index in [2.05, 4.69) is 50.0 Å². The fraction of sp³-hybridized carbons (Fsp3) is 0.462. The maximum absolute atomic E-state index is 13.0. The Hall–Kier alpha value is -2.97. The minimum Gasteiger partial charge on any atom is -0.353 e. The number of rotatable bonds is 11. The summed E-state index contributed by atoms with van der Waals surface area (Å²) in [5.41, 5.74) is 2.12. The molecule has 184 valence electrons. The highest BCUT2D eigenvalue weighted by atomic mass is 19.1. The van der Waals surface area contributed by atoms with Crippen LogP contribution >= 0.6 is 0 Å². The summed E-state index contributed by atoms with van der Waals surface area (Å²) in [6.07, 6.45) is 1.34. The molecule has 0 bridgehead atoms. The Labute approximate surface area is 201 Å². The van der Waals surface area contributed by atoms with Crippen molar-refractivity contribution in [2.45, 2.75) is 38.9 Å². The molecule has 1 heterocycles. The first-order valence-corrected chi connectivity index (χ1v) is 12.1. The fourth-order valence-corrected chi connectivity index (χ4v) is 4.02. The van der Waals surface area contributed by atoms with Gasteiger partial charge < -0.3 is 16.0 Å². The molecule has 7 nitrogen and oxygen atoms in total. The minimum absolute atomic E-state index is 0.165. The molecule has 3 N–H and O–H groups in total. The zero-order valence-electron chi connectivity index (χ0n) is 19.9. The van der Waals surface area contributed by atoms with E-state index in [0.717, 1.165) is 51.3 Å². The summed E-state index contributed by atoms with van der Waals surface area (Å²) in [7, 11) is 0. The number of hydrogen-bond donors (Lipinski definition) is 3. The van der Waals surface area contributed by atoms with Gasteiger partial charge >= 0.3 is 6.03 Å².